The van der Waals surface area contributed by atoms with E-state index in [2.05, 4.69) is 5.10 Å². The summed E-state index contributed by atoms with van der Waals surface area (Å²) in [5, 5.41) is 4.30. The third-order valence-corrected chi connectivity index (χ3v) is 3.79. The van der Waals surface area contributed by atoms with Crippen molar-refractivity contribution >= 4 is 11.9 Å². The molecule has 0 bridgehead atoms. The summed E-state index contributed by atoms with van der Waals surface area (Å²) < 4.78 is 6.75. The van der Waals surface area contributed by atoms with E-state index in [1.807, 2.05) is 6.92 Å². The van der Waals surface area contributed by atoms with E-state index in [-0.39, 0.29) is 11.9 Å². The Labute approximate surface area is 125 Å². The summed E-state index contributed by atoms with van der Waals surface area (Å²) in [6.07, 6.45) is 4.97. The van der Waals surface area contributed by atoms with Gasteiger partial charge in [-0.25, -0.2) is 4.79 Å². The number of hydrogen-bond acceptors (Lipinski definition) is 4. The maximum Gasteiger partial charge on any atom is 0.328 e. The lowest BCUT2D eigenvalue weighted by Crippen LogP contribution is -2.48. The Kier molecular flexibility index (Phi) is 4.98. The molecule has 0 radical (unpaired) electrons. The van der Waals surface area contributed by atoms with Crippen molar-refractivity contribution in [2.75, 3.05) is 13.2 Å². The number of esters is 1. The van der Waals surface area contributed by atoms with Gasteiger partial charge in [-0.2, -0.15) is 5.10 Å². The third-order valence-electron chi connectivity index (χ3n) is 3.79. The van der Waals surface area contributed by atoms with Crippen LogP contribution in [0.3, 0.4) is 0 Å². The van der Waals surface area contributed by atoms with Crippen LogP contribution < -0.4 is 0 Å². The van der Waals surface area contributed by atoms with E-state index < -0.39 is 6.04 Å². The number of likely N-dealkylation sites (tertiary alicyclic amines) is 1. The average Bonchev–Trinajstić information content (AvgIpc) is 2.88. The van der Waals surface area contributed by atoms with Gasteiger partial charge in [-0.3, -0.25) is 9.48 Å². The first-order valence-electron chi connectivity index (χ1n) is 7.58. The molecule has 0 aromatic carbocycles. The fraction of sp³-hybridized carbons (Fsp3) is 0.667. The Hall–Kier alpha value is -1.85. The maximum absolute atomic E-state index is 12.8. The molecule has 21 heavy (non-hydrogen) atoms. The smallest absolute Gasteiger partial charge is 0.328 e. The summed E-state index contributed by atoms with van der Waals surface area (Å²) in [5.41, 5.74) is 1.37. The van der Waals surface area contributed by atoms with Crippen LogP contribution in [0.1, 0.15) is 49.2 Å². The molecule has 1 aromatic rings. The van der Waals surface area contributed by atoms with Crippen molar-refractivity contribution < 1.29 is 14.3 Å². The Bertz CT molecular complexity index is 524. The first kappa shape index (κ1) is 15.5. The lowest BCUT2D eigenvalue weighted by Gasteiger charge is -2.33. The van der Waals surface area contributed by atoms with Gasteiger partial charge in [-0.15, -0.1) is 0 Å². The van der Waals surface area contributed by atoms with Crippen LogP contribution in [0, 0.1) is 0 Å². The highest BCUT2D eigenvalue weighted by Gasteiger charge is 2.34. The molecule has 1 unspecified atom stereocenters. The Morgan fingerprint density at radius 1 is 1.38 bits per heavy atom. The van der Waals surface area contributed by atoms with Crippen molar-refractivity contribution in [3.63, 3.8) is 0 Å². The minimum Gasteiger partial charge on any atom is -0.464 e. The van der Waals surface area contributed by atoms with Crippen LogP contribution >= 0.6 is 0 Å². The minimum atomic E-state index is -0.462. The molecular formula is C15H23N3O3. The Morgan fingerprint density at radius 2 is 2.14 bits per heavy atom. The third kappa shape index (κ3) is 3.25. The fourth-order valence-corrected chi connectivity index (χ4v) is 2.79. The van der Waals surface area contributed by atoms with E-state index in [0.717, 1.165) is 18.5 Å². The number of nitrogens with zero attached hydrogens (tertiary/aromatic N) is 3. The van der Waals surface area contributed by atoms with Crippen molar-refractivity contribution in [1.82, 2.24) is 14.7 Å². The molecule has 0 aliphatic carbocycles. The summed E-state index contributed by atoms with van der Waals surface area (Å²) >= 11 is 0. The second-order valence-electron chi connectivity index (χ2n) is 5.28. The maximum atomic E-state index is 12.8. The predicted octanol–water partition coefficient (Wildman–Crippen LogP) is 1.54. The van der Waals surface area contributed by atoms with Crippen LogP contribution in [-0.2, 0) is 23.0 Å². The quantitative estimate of drug-likeness (QED) is 0.790. The first-order valence-corrected chi connectivity index (χ1v) is 7.58. The van der Waals surface area contributed by atoms with Gasteiger partial charge in [0.25, 0.3) is 5.91 Å². The monoisotopic (exact) mass is 293 g/mol. The second-order valence-corrected chi connectivity index (χ2v) is 5.28. The van der Waals surface area contributed by atoms with E-state index in [9.17, 15) is 9.59 Å². The molecular weight excluding hydrogens is 270 g/mol. The lowest BCUT2D eigenvalue weighted by atomic mass is 10.0. The van der Waals surface area contributed by atoms with Crippen LogP contribution in [0.15, 0.2) is 6.20 Å². The standard InChI is InChI=1S/C15H23N3O3/c1-4-12-11(10-17(3)16-12)14(19)18-9-7-6-8-13(18)15(20)21-5-2/h10,13H,4-9H2,1-3H3. The molecule has 1 aliphatic heterocycles. The number of amides is 1. The number of aromatic nitrogens is 2. The summed E-state index contributed by atoms with van der Waals surface area (Å²) in [5.74, 6) is -0.412. The normalized spacial score (nSPS) is 18.6. The molecule has 0 saturated carbocycles. The number of rotatable bonds is 4. The molecule has 0 N–H and O–H groups in total. The molecule has 1 aromatic heterocycles. The van der Waals surface area contributed by atoms with E-state index in [4.69, 9.17) is 4.74 Å². The second kappa shape index (κ2) is 6.74. The fourth-order valence-electron chi connectivity index (χ4n) is 2.79. The molecule has 1 saturated heterocycles. The van der Waals surface area contributed by atoms with Crippen LogP contribution in [0.2, 0.25) is 0 Å². The highest BCUT2D eigenvalue weighted by molar-refractivity contribution is 5.97. The van der Waals surface area contributed by atoms with Gasteiger partial charge in [0.1, 0.15) is 6.04 Å². The molecule has 6 heteroatoms. The van der Waals surface area contributed by atoms with E-state index in [0.29, 0.717) is 31.6 Å². The van der Waals surface area contributed by atoms with E-state index in [1.165, 1.54) is 0 Å². The zero-order chi connectivity index (χ0) is 15.4. The Balaban J connectivity index is 2.24. The minimum absolute atomic E-state index is 0.113. The number of carbonyl (C=O) groups excluding carboxylic acids is 2. The SMILES string of the molecule is CCOC(=O)C1CCCCN1C(=O)c1cn(C)nc1CC. The number of ether oxygens (including phenoxy) is 1. The van der Waals surface area contributed by atoms with Crippen LogP contribution in [0.25, 0.3) is 0 Å². The highest BCUT2D eigenvalue weighted by Crippen LogP contribution is 2.22. The zero-order valence-electron chi connectivity index (χ0n) is 13.0. The average molecular weight is 293 g/mol. The molecule has 6 nitrogen and oxygen atoms in total. The molecule has 1 atom stereocenters. The Morgan fingerprint density at radius 3 is 2.81 bits per heavy atom. The van der Waals surface area contributed by atoms with Crippen molar-refractivity contribution in [2.45, 2.75) is 45.6 Å². The van der Waals surface area contributed by atoms with Crippen molar-refractivity contribution in [1.29, 1.82) is 0 Å². The lowest BCUT2D eigenvalue weighted by molar-refractivity contribution is -0.149. The van der Waals surface area contributed by atoms with Gasteiger partial charge >= 0.3 is 5.97 Å². The zero-order valence-corrected chi connectivity index (χ0v) is 13.0. The summed E-state index contributed by atoms with van der Waals surface area (Å²) in [6, 6.07) is -0.462. The van der Waals surface area contributed by atoms with E-state index in [1.54, 1.807) is 29.7 Å². The van der Waals surface area contributed by atoms with Gasteiger partial charge in [0, 0.05) is 19.8 Å². The van der Waals surface area contributed by atoms with Gasteiger partial charge < -0.3 is 9.64 Å². The van der Waals surface area contributed by atoms with Crippen molar-refractivity contribution in [3.8, 4) is 0 Å². The number of aryl methyl sites for hydroxylation is 2. The highest BCUT2D eigenvalue weighted by atomic mass is 16.5. The molecule has 116 valence electrons. The summed E-state index contributed by atoms with van der Waals surface area (Å²) in [7, 11) is 1.80. The van der Waals surface area contributed by atoms with Crippen molar-refractivity contribution in [3.05, 3.63) is 17.5 Å². The summed E-state index contributed by atoms with van der Waals surface area (Å²) in [4.78, 5) is 26.5. The van der Waals surface area contributed by atoms with Crippen LogP contribution in [0.4, 0.5) is 0 Å². The molecule has 2 rings (SSSR count). The molecule has 1 aliphatic rings. The van der Waals surface area contributed by atoms with Crippen LogP contribution in [0.5, 0.6) is 0 Å². The number of hydrogen-bond donors (Lipinski definition) is 0. The molecule has 1 fully saturated rings. The first-order chi connectivity index (χ1) is 10.1. The van der Waals surface area contributed by atoms with Gasteiger partial charge in [0.15, 0.2) is 0 Å². The van der Waals surface area contributed by atoms with Gasteiger partial charge in [-0.05, 0) is 32.6 Å². The van der Waals surface area contributed by atoms with Gasteiger partial charge in [-0.1, -0.05) is 6.92 Å². The summed E-state index contributed by atoms with van der Waals surface area (Å²) in [6.45, 7) is 4.69. The largest absolute Gasteiger partial charge is 0.464 e. The number of carbonyl (C=O) groups is 2. The van der Waals surface area contributed by atoms with Crippen molar-refractivity contribution in [2.24, 2.45) is 7.05 Å². The topological polar surface area (TPSA) is 64.4 Å². The molecule has 2 heterocycles. The number of piperidine rings is 1. The molecule has 0 spiro atoms. The van der Waals surface area contributed by atoms with Gasteiger partial charge in [0.2, 0.25) is 0 Å². The molecule has 1 amide bonds. The predicted molar refractivity (Wildman–Crippen MR) is 77.9 cm³/mol. The van der Waals surface area contributed by atoms with Gasteiger partial charge in [0.05, 0.1) is 17.9 Å². The van der Waals surface area contributed by atoms with E-state index >= 15 is 0 Å². The van der Waals surface area contributed by atoms with Crippen LogP contribution in [-0.4, -0.2) is 45.8 Å².